The summed E-state index contributed by atoms with van der Waals surface area (Å²) in [4.78, 5) is 7.16. The Morgan fingerprint density at radius 3 is 2.40 bits per heavy atom. The van der Waals surface area contributed by atoms with Crippen molar-refractivity contribution < 1.29 is 0 Å². The highest BCUT2D eigenvalue weighted by Gasteiger charge is 2.16. The van der Waals surface area contributed by atoms with Crippen molar-refractivity contribution in [3.63, 3.8) is 0 Å². The highest BCUT2D eigenvalue weighted by atomic mass is 15.1. The molecule has 2 N–H and O–H groups in total. The summed E-state index contributed by atoms with van der Waals surface area (Å²) in [5.74, 6) is 0. The fourth-order valence-electron chi connectivity index (χ4n) is 3.00. The molecule has 0 radical (unpaired) electrons. The van der Waals surface area contributed by atoms with Gasteiger partial charge in [-0.1, -0.05) is 30.4 Å². The largest absolute Gasteiger partial charge is 0.399 e. The van der Waals surface area contributed by atoms with Crippen molar-refractivity contribution in [2.45, 2.75) is 13.5 Å². The molecule has 1 aromatic carbocycles. The van der Waals surface area contributed by atoms with Crippen LogP contribution in [0.5, 0.6) is 0 Å². The predicted octanol–water partition coefficient (Wildman–Crippen LogP) is 4.07. The number of hydrogen-bond donors (Lipinski definition) is 1. The van der Waals surface area contributed by atoms with Gasteiger partial charge in [-0.3, -0.25) is 4.90 Å². The van der Waals surface area contributed by atoms with Crippen molar-refractivity contribution in [1.29, 1.82) is 0 Å². The van der Waals surface area contributed by atoms with Gasteiger partial charge in [0.25, 0.3) is 0 Å². The Morgan fingerprint density at radius 2 is 1.76 bits per heavy atom. The Labute approximate surface area is 148 Å². The molecule has 4 heteroatoms. The van der Waals surface area contributed by atoms with Crippen LogP contribution in [0, 0.1) is 6.92 Å². The molecular formula is C21H24N4. The molecule has 0 amide bonds. The van der Waals surface area contributed by atoms with Crippen molar-refractivity contribution in [3.05, 3.63) is 79.2 Å². The number of aryl methyl sites for hydroxylation is 1. The molecule has 2 heterocycles. The van der Waals surface area contributed by atoms with Crippen molar-refractivity contribution >= 4 is 11.3 Å². The molecule has 0 saturated heterocycles. The van der Waals surface area contributed by atoms with Crippen LogP contribution in [0.3, 0.4) is 0 Å². The number of nitrogens with zero attached hydrogens (tertiary/aromatic N) is 3. The Morgan fingerprint density at radius 1 is 1.08 bits per heavy atom. The van der Waals surface area contributed by atoms with E-state index in [0.29, 0.717) is 0 Å². The van der Waals surface area contributed by atoms with Gasteiger partial charge in [0.15, 0.2) is 0 Å². The molecule has 2 aromatic heterocycles. The number of benzene rings is 1. The first-order chi connectivity index (χ1) is 12.1. The maximum atomic E-state index is 5.84. The zero-order chi connectivity index (χ0) is 17.8. The van der Waals surface area contributed by atoms with Crippen LogP contribution in [0.25, 0.3) is 16.9 Å². The van der Waals surface area contributed by atoms with E-state index in [1.807, 2.05) is 36.4 Å². The Hall–Kier alpha value is -2.85. The molecule has 0 aliphatic carbocycles. The van der Waals surface area contributed by atoms with Crippen LogP contribution in [0.15, 0.2) is 67.9 Å². The third-order valence-electron chi connectivity index (χ3n) is 4.20. The first-order valence-corrected chi connectivity index (χ1v) is 8.40. The van der Waals surface area contributed by atoms with Crippen LogP contribution in [0.2, 0.25) is 0 Å². The summed E-state index contributed by atoms with van der Waals surface area (Å²) in [6.45, 7) is 12.2. The monoisotopic (exact) mass is 332 g/mol. The van der Waals surface area contributed by atoms with Gasteiger partial charge < -0.3 is 10.1 Å². The summed E-state index contributed by atoms with van der Waals surface area (Å²) in [6, 6.07) is 12.0. The van der Waals surface area contributed by atoms with Gasteiger partial charge in [0, 0.05) is 37.1 Å². The summed E-state index contributed by atoms with van der Waals surface area (Å²) in [5, 5.41) is 0. The summed E-state index contributed by atoms with van der Waals surface area (Å²) in [5.41, 5.74) is 12.0. The molecular weight excluding hydrogens is 308 g/mol. The van der Waals surface area contributed by atoms with Crippen LogP contribution >= 0.6 is 0 Å². The maximum absolute atomic E-state index is 5.84. The Kier molecular flexibility index (Phi) is 5.00. The Balaban J connectivity index is 2.13. The lowest BCUT2D eigenvalue weighted by atomic mass is 10.1. The van der Waals surface area contributed by atoms with Gasteiger partial charge in [0.05, 0.1) is 11.4 Å². The molecule has 4 nitrogen and oxygen atoms in total. The minimum Gasteiger partial charge on any atom is -0.399 e. The van der Waals surface area contributed by atoms with E-state index in [9.17, 15) is 0 Å². The highest BCUT2D eigenvalue weighted by Crippen LogP contribution is 2.27. The second-order valence-corrected chi connectivity index (χ2v) is 6.24. The van der Waals surface area contributed by atoms with Gasteiger partial charge in [-0.2, -0.15) is 0 Å². The molecule has 0 aliphatic heterocycles. The van der Waals surface area contributed by atoms with Crippen LogP contribution in [0.1, 0.15) is 11.3 Å². The number of imidazole rings is 1. The lowest BCUT2D eigenvalue weighted by Crippen LogP contribution is -2.24. The van der Waals surface area contributed by atoms with Crippen LogP contribution in [-0.2, 0) is 6.54 Å². The second kappa shape index (κ2) is 7.36. The van der Waals surface area contributed by atoms with E-state index in [1.54, 1.807) is 0 Å². The third-order valence-corrected chi connectivity index (χ3v) is 4.20. The fraction of sp³-hybridized carbons (Fsp3) is 0.190. The highest BCUT2D eigenvalue weighted by molar-refractivity contribution is 5.68. The number of fused-ring (bicyclic) bond motifs is 1. The molecule has 3 rings (SSSR count). The van der Waals surface area contributed by atoms with E-state index >= 15 is 0 Å². The number of pyridine rings is 1. The summed E-state index contributed by atoms with van der Waals surface area (Å²) >= 11 is 0. The summed E-state index contributed by atoms with van der Waals surface area (Å²) in [7, 11) is 0. The number of nitrogens with two attached hydrogens (primary N) is 1. The van der Waals surface area contributed by atoms with Gasteiger partial charge in [-0.15, -0.1) is 13.2 Å². The summed E-state index contributed by atoms with van der Waals surface area (Å²) < 4.78 is 2.18. The average Bonchev–Trinajstić information content (AvgIpc) is 2.94. The van der Waals surface area contributed by atoms with Crippen molar-refractivity contribution in [1.82, 2.24) is 14.3 Å². The third kappa shape index (κ3) is 3.64. The molecule has 0 bridgehead atoms. The molecule has 0 aliphatic rings. The van der Waals surface area contributed by atoms with Crippen molar-refractivity contribution in [2.24, 2.45) is 0 Å². The van der Waals surface area contributed by atoms with E-state index in [-0.39, 0.29) is 0 Å². The lowest BCUT2D eigenvalue weighted by Gasteiger charge is -2.19. The number of hydrogen-bond acceptors (Lipinski definition) is 3. The van der Waals surface area contributed by atoms with E-state index in [2.05, 4.69) is 47.7 Å². The van der Waals surface area contributed by atoms with E-state index < -0.39 is 0 Å². The number of anilines is 1. The molecule has 3 aromatic rings. The van der Waals surface area contributed by atoms with E-state index in [1.165, 1.54) is 5.56 Å². The SMILES string of the molecule is C=CCN(CC=C)Cc1c(-c2ccc(N)cc2)nc2ccc(C)cn12. The van der Waals surface area contributed by atoms with Crippen LogP contribution in [0.4, 0.5) is 5.69 Å². The van der Waals surface area contributed by atoms with Gasteiger partial charge in [0.2, 0.25) is 0 Å². The second-order valence-electron chi connectivity index (χ2n) is 6.24. The van der Waals surface area contributed by atoms with Gasteiger partial charge in [0.1, 0.15) is 5.65 Å². The maximum Gasteiger partial charge on any atom is 0.137 e. The first kappa shape index (κ1) is 17.0. The van der Waals surface area contributed by atoms with Gasteiger partial charge in [-0.25, -0.2) is 4.98 Å². The zero-order valence-electron chi connectivity index (χ0n) is 14.7. The number of aromatic nitrogens is 2. The standard InChI is InChI=1S/C21H24N4/c1-4-12-24(13-5-2)15-19-21(17-7-9-18(22)10-8-17)23-20-11-6-16(3)14-25(19)20/h4-11,14H,1-2,12-13,15,22H2,3H3. The summed E-state index contributed by atoms with van der Waals surface area (Å²) in [6.07, 6.45) is 5.97. The molecule has 0 saturated carbocycles. The van der Waals surface area contributed by atoms with Gasteiger partial charge >= 0.3 is 0 Å². The Bertz CT molecular complexity index is 880. The molecule has 0 unspecified atom stereocenters. The van der Waals surface area contributed by atoms with E-state index in [0.717, 1.165) is 47.9 Å². The minimum absolute atomic E-state index is 0.754. The molecule has 0 atom stereocenters. The van der Waals surface area contributed by atoms with Crippen molar-refractivity contribution in [3.8, 4) is 11.3 Å². The van der Waals surface area contributed by atoms with Crippen LogP contribution < -0.4 is 5.73 Å². The molecule has 25 heavy (non-hydrogen) atoms. The van der Waals surface area contributed by atoms with Crippen LogP contribution in [-0.4, -0.2) is 27.4 Å². The van der Waals surface area contributed by atoms with Crippen molar-refractivity contribution in [2.75, 3.05) is 18.8 Å². The average molecular weight is 332 g/mol. The van der Waals surface area contributed by atoms with E-state index in [4.69, 9.17) is 10.7 Å². The topological polar surface area (TPSA) is 46.6 Å². The predicted molar refractivity (Wildman–Crippen MR) is 105 cm³/mol. The minimum atomic E-state index is 0.754. The zero-order valence-corrected chi connectivity index (χ0v) is 14.7. The van der Waals surface area contributed by atoms with Gasteiger partial charge in [-0.05, 0) is 30.7 Å². The lowest BCUT2D eigenvalue weighted by molar-refractivity contribution is 0.323. The smallest absolute Gasteiger partial charge is 0.137 e. The quantitative estimate of drug-likeness (QED) is 0.524. The normalized spacial score (nSPS) is 11.1. The molecule has 0 fully saturated rings. The number of rotatable bonds is 7. The first-order valence-electron chi connectivity index (χ1n) is 8.40. The number of nitrogen functional groups attached to an aromatic ring is 1. The fourth-order valence-corrected chi connectivity index (χ4v) is 3.00. The molecule has 0 spiro atoms. The molecule has 128 valence electrons.